The van der Waals surface area contributed by atoms with E-state index in [1.165, 1.54) is 6.07 Å². The van der Waals surface area contributed by atoms with Gasteiger partial charge < -0.3 is 4.74 Å². The zero-order valence-electron chi connectivity index (χ0n) is 16.2. The third kappa shape index (κ3) is 5.15. The van der Waals surface area contributed by atoms with Crippen molar-refractivity contribution in [2.75, 3.05) is 0 Å². The zero-order chi connectivity index (χ0) is 19.2. The summed E-state index contributed by atoms with van der Waals surface area (Å²) in [6.45, 7) is 4.47. The summed E-state index contributed by atoms with van der Waals surface area (Å²) in [7, 11) is 0. The fourth-order valence-corrected chi connectivity index (χ4v) is 3.43. The van der Waals surface area contributed by atoms with Crippen molar-refractivity contribution >= 4 is 5.78 Å². The molecule has 3 rings (SSSR count). The number of ether oxygens (including phenoxy) is 1. The van der Waals surface area contributed by atoms with Crippen LogP contribution in [0.3, 0.4) is 0 Å². The topological polar surface area (TPSA) is 39.2 Å². The number of carbonyl (C=O) groups excluding carboxylic acids is 1. The van der Waals surface area contributed by atoms with Gasteiger partial charge in [0.15, 0.2) is 5.78 Å². The molecule has 0 unspecified atom stereocenters. The third-order valence-corrected chi connectivity index (χ3v) is 5.10. The van der Waals surface area contributed by atoms with Crippen LogP contribution in [0.4, 0.5) is 4.39 Å². The minimum Gasteiger partial charge on any atom is -0.473 e. The number of halogens is 1. The van der Waals surface area contributed by atoms with Crippen molar-refractivity contribution in [3.8, 4) is 5.88 Å². The number of aromatic nitrogens is 1. The predicted molar refractivity (Wildman–Crippen MR) is 105 cm³/mol. The standard InChI is InChI=1S/C23H28FNO2/c1-3-6-16(7-4-2)21-8-5-9-22(25-21)27-15-19-13-12-18(14-20(19)24)23(26)17-10-11-17/h5,8-9,12-14,16-17H,3-4,6-7,10-11,15H2,1-2H3. The second-order valence-corrected chi connectivity index (χ2v) is 7.41. The summed E-state index contributed by atoms with van der Waals surface area (Å²) in [6.07, 6.45) is 6.29. The molecular weight excluding hydrogens is 341 g/mol. The van der Waals surface area contributed by atoms with Crippen LogP contribution in [0, 0.1) is 11.7 Å². The molecule has 1 heterocycles. The van der Waals surface area contributed by atoms with Crippen molar-refractivity contribution in [2.45, 2.75) is 64.9 Å². The lowest BCUT2D eigenvalue weighted by atomic mass is 9.94. The number of pyridine rings is 1. The van der Waals surface area contributed by atoms with Gasteiger partial charge in [0, 0.05) is 34.7 Å². The summed E-state index contributed by atoms with van der Waals surface area (Å²) in [4.78, 5) is 16.7. The van der Waals surface area contributed by atoms with Gasteiger partial charge in [-0.1, -0.05) is 44.9 Å². The van der Waals surface area contributed by atoms with Gasteiger partial charge in [-0.3, -0.25) is 4.79 Å². The maximum absolute atomic E-state index is 14.4. The highest BCUT2D eigenvalue weighted by Gasteiger charge is 2.30. The lowest BCUT2D eigenvalue weighted by molar-refractivity contribution is 0.0967. The summed E-state index contributed by atoms with van der Waals surface area (Å²) in [5.41, 5.74) is 1.94. The minimum absolute atomic E-state index is 0.0497. The van der Waals surface area contributed by atoms with E-state index < -0.39 is 5.82 Å². The van der Waals surface area contributed by atoms with Crippen molar-refractivity contribution in [3.05, 3.63) is 59.0 Å². The highest BCUT2D eigenvalue weighted by molar-refractivity contribution is 5.99. The van der Waals surface area contributed by atoms with Gasteiger partial charge >= 0.3 is 0 Å². The molecule has 0 saturated heterocycles. The van der Waals surface area contributed by atoms with Gasteiger partial charge in [-0.25, -0.2) is 9.37 Å². The monoisotopic (exact) mass is 369 g/mol. The van der Waals surface area contributed by atoms with Crippen LogP contribution in [0.25, 0.3) is 0 Å². The average Bonchev–Trinajstić information content (AvgIpc) is 3.52. The summed E-state index contributed by atoms with van der Waals surface area (Å²) in [5.74, 6) is 0.703. The number of hydrogen-bond donors (Lipinski definition) is 0. The molecule has 3 nitrogen and oxygen atoms in total. The van der Waals surface area contributed by atoms with E-state index in [2.05, 4.69) is 18.8 Å². The number of carbonyl (C=O) groups is 1. The molecule has 2 aromatic rings. The van der Waals surface area contributed by atoms with Crippen molar-refractivity contribution in [2.24, 2.45) is 5.92 Å². The third-order valence-electron chi connectivity index (χ3n) is 5.10. The van der Waals surface area contributed by atoms with Crippen LogP contribution >= 0.6 is 0 Å². The van der Waals surface area contributed by atoms with Gasteiger partial charge in [0.25, 0.3) is 0 Å². The van der Waals surface area contributed by atoms with Crippen LogP contribution in [0.15, 0.2) is 36.4 Å². The molecule has 0 bridgehead atoms. The average molecular weight is 369 g/mol. The Bertz CT molecular complexity index is 780. The van der Waals surface area contributed by atoms with Crippen LogP contribution < -0.4 is 4.74 Å². The van der Waals surface area contributed by atoms with E-state index in [0.717, 1.165) is 44.2 Å². The lowest BCUT2D eigenvalue weighted by Gasteiger charge is -2.16. The molecule has 0 amide bonds. The Morgan fingerprint density at radius 1 is 1.19 bits per heavy atom. The van der Waals surface area contributed by atoms with Crippen molar-refractivity contribution in [1.82, 2.24) is 4.98 Å². The Labute approximate surface area is 161 Å². The smallest absolute Gasteiger partial charge is 0.213 e. The van der Waals surface area contributed by atoms with Crippen LogP contribution in [-0.4, -0.2) is 10.8 Å². The van der Waals surface area contributed by atoms with Crippen molar-refractivity contribution in [1.29, 1.82) is 0 Å². The SMILES string of the molecule is CCCC(CCC)c1cccc(OCc2ccc(C(=O)C3CC3)cc2F)n1. The molecule has 1 saturated carbocycles. The van der Waals surface area contributed by atoms with Crippen molar-refractivity contribution in [3.63, 3.8) is 0 Å². The predicted octanol–water partition coefficient (Wildman–Crippen LogP) is 6.08. The first-order valence-corrected chi connectivity index (χ1v) is 10.0. The van der Waals surface area contributed by atoms with E-state index in [1.807, 2.05) is 12.1 Å². The molecule has 0 atom stereocenters. The molecule has 1 fully saturated rings. The fourth-order valence-electron chi connectivity index (χ4n) is 3.43. The molecular formula is C23H28FNO2. The minimum atomic E-state index is -0.396. The molecule has 0 spiro atoms. The Morgan fingerprint density at radius 2 is 1.93 bits per heavy atom. The number of benzene rings is 1. The highest BCUT2D eigenvalue weighted by Crippen LogP contribution is 2.33. The molecule has 1 aromatic heterocycles. The Kier molecular flexibility index (Phi) is 6.59. The maximum Gasteiger partial charge on any atom is 0.213 e. The van der Waals surface area contributed by atoms with E-state index in [1.54, 1.807) is 18.2 Å². The van der Waals surface area contributed by atoms with Gasteiger partial charge in [-0.05, 0) is 37.8 Å². The first-order valence-electron chi connectivity index (χ1n) is 10.0. The van der Waals surface area contributed by atoms with E-state index >= 15 is 0 Å². The normalized spacial score (nSPS) is 13.8. The van der Waals surface area contributed by atoms with Gasteiger partial charge in [-0.15, -0.1) is 0 Å². The van der Waals surface area contributed by atoms with Gasteiger partial charge in [-0.2, -0.15) is 0 Å². The van der Waals surface area contributed by atoms with E-state index in [-0.39, 0.29) is 18.3 Å². The molecule has 0 aliphatic heterocycles. The molecule has 1 aliphatic carbocycles. The number of ketones is 1. The summed E-state index contributed by atoms with van der Waals surface area (Å²) in [6, 6.07) is 10.5. The Balaban J connectivity index is 1.66. The van der Waals surface area contributed by atoms with E-state index in [9.17, 15) is 9.18 Å². The molecule has 27 heavy (non-hydrogen) atoms. The van der Waals surface area contributed by atoms with Gasteiger partial charge in [0.05, 0.1) is 0 Å². The second kappa shape index (κ2) is 9.12. The molecule has 1 aromatic carbocycles. The lowest BCUT2D eigenvalue weighted by Crippen LogP contribution is -2.06. The molecule has 0 N–H and O–H groups in total. The van der Waals surface area contributed by atoms with Crippen LogP contribution in [0.2, 0.25) is 0 Å². The maximum atomic E-state index is 14.4. The fraction of sp³-hybridized carbons (Fsp3) is 0.478. The quantitative estimate of drug-likeness (QED) is 0.477. The summed E-state index contributed by atoms with van der Waals surface area (Å²) >= 11 is 0. The highest BCUT2D eigenvalue weighted by atomic mass is 19.1. The molecule has 0 radical (unpaired) electrons. The first kappa shape index (κ1) is 19.5. The number of rotatable bonds is 10. The largest absolute Gasteiger partial charge is 0.473 e. The first-order chi connectivity index (χ1) is 13.1. The Morgan fingerprint density at radius 3 is 2.56 bits per heavy atom. The van der Waals surface area contributed by atoms with E-state index in [0.29, 0.717) is 22.9 Å². The van der Waals surface area contributed by atoms with Crippen LogP contribution in [0.5, 0.6) is 5.88 Å². The van der Waals surface area contributed by atoms with Gasteiger partial charge in [0.2, 0.25) is 5.88 Å². The summed E-state index contributed by atoms with van der Waals surface area (Å²) in [5, 5.41) is 0. The summed E-state index contributed by atoms with van der Waals surface area (Å²) < 4.78 is 20.1. The van der Waals surface area contributed by atoms with Crippen LogP contribution in [0.1, 0.15) is 79.9 Å². The Hall–Kier alpha value is -2.23. The number of hydrogen-bond acceptors (Lipinski definition) is 3. The zero-order valence-corrected chi connectivity index (χ0v) is 16.2. The number of nitrogens with zero attached hydrogens (tertiary/aromatic N) is 1. The van der Waals surface area contributed by atoms with E-state index in [4.69, 9.17) is 4.74 Å². The van der Waals surface area contributed by atoms with Crippen LogP contribution in [-0.2, 0) is 6.61 Å². The number of Topliss-reactive ketones (excluding diaryl/α,β-unsaturated/α-hetero) is 1. The molecule has 4 heteroatoms. The molecule has 1 aliphatic rings. The molecule has 144 valence electrons. The van der Waals surface area contributed by atoms with Crippen molar-refractivity contribution < 1.29 is 13.9 Å². The second-order valence-electron chi connectivity index (χ2n) is 7.41. The van der Waals surface area contributed by atoms with Gasteiger partial charge in [0.1, 0.15) is 12.4 Å².